The fourth-order valence-corrected chi connectivity index (χ4v) is 3.31. The molecule has 0 aliphatic carbocycles. The molecule has 1 aliphatic heterocycles. The fraction of sp³-hybridized carbons (Fsp3) is 0.316. The monoisotopic (exact) mass is 354 g/mol. The van der Waals surface area contributed by atoms with Crippen molar-refractivity contribution >= 4 is 5.91 Å². The van der Waals surface area contributed by atoms with Crippen molar-refractivity contribution in [1.82, 2.24) is 19.7 Å². The zero-order valence-electron chi connectivity index (χ0n) is 14.2. The van der Waals surface area contributed by atoms with Crippen LogP contribution in [0.1, 0.15) is 36.1 Å². The number of likely N-dealkylation sites (tertiary alicyclic amines) is 1. The van der Waals surface area contributed by atoms with Crippen molar-refractivity contribution in [2.75, 3.05) is 6.54 Å². The van der Waals surface area contributed by atoms with Gasteiger partial charge in [-0.15, -0.1) is 0 Å². The molecule has 0 unspecified atom stereocenters. The molecule has 2 aromatic heterocycles. The molecule has 6 nitrogen and oxygen atoms in total. The van der Waals surface area contributed by atoms with Gasteiger partial charge in [0.05, 0.1) is 6.20 Å². The van der Waals surface area contributed by atoms with Gasteiger partial charge in [-0.25, -0.2) is 9.37 Å². The molecule has 0 bridgehead atoms. The van der Waals surface area contributed by atoms with Gasteiger partial charge in [0.25, 0.3) is 0 Å². The van der Waals surface area contributed by atoms with Gasteiger partial charge in [0, 0.05) is 25.4 Å². The second-order valence-corrected chi connectivity index (χ2v) is 6.42. The fourth-order valence-electron chi connectivity index (χ4n) is 3.31. The van der Waals surface area contributed by atoms with Crippen molar-refractivity contribution < 1.29 is 13.6 Å². The van der Waals surface area contributed by atoms with Crippen LogP contribution in [-0.4, -0.2) is 32.1 Å². The Kier molecular flexibility index (Phi) is 4.51. The normalized spacial score (nSPS) is 17.0. The number of carbonyl (C=O) groups is 1. The largest absolute Gasteiger partial charge is 0.443 e. The van der Waals surface area contributed by atoms with Crippen LogP contribution >= 0.6 is 0 Å². The molecule has 1 amide bonds. The topological polar surface area (TPSA) is 64.2 Å². The Morgan fingerprint density at radius 3 is 2.92 bits per heavy atom. The molecular weight excluding hydrogens is 335 g/mol. The van der Waals surface area contributed by atoms with E-state index in [1.54, 1.807) is 41.5 Å². The second-order valence-electron chi connectivity index (χ2n) is 6.42. The maximum absolute atomic E-state index is 13.0. The summed E-state index contributed by atoms with van der Waals surface area (Å²) in [4.78, 5) is 18.8. The number of aromatic nitrogens is 3. The molecule has 134 valence electrons. The third kappa shape index (κ3) is 3.51. The van der Waals surface area contributed by atoms with Crippen LogP contribution in [0, 0.1) is 5.82 Å². The number of hydrogen-bond acceptors (Lipinski definition) is 4. The smallest absolute Gasteiger partial charge is 0.244 e. The number of rotatable bonds is 5. The van der Waals surface area contributed by atoms with Crippen molar-refractivity contribution in [1.29, 1.82) is 0 Å². The van der Waals surface area contributed by atoms with Crippen LogP contribution in [0.15, 0.2) is 53.3 Å². The number of carbonyl (C=O) groups excluding carboxylic acids is 1. The molecular formula is C19H19FN4O2. The summed E-state index contributed by atoms with van der Waals surface area (Å²) in [6, 6.07) is 7.98. The molecule has 0 spiro atoms. The van der Waals surface area contributed by atoms with Crippen molar-refractivity contribution in [3.05, 3.63) is 72.0 Å². The minimum Gasteiger partial charge on any atom is -0.443 e. The third-order valence-corrected chi connectivity index (χ3v) is 4.58. The number of benzene rings is 1. The van der Waals surface area contributed by atoms with Gasteiger partial charge >= 0.3 is 0 Å². The highest BCUT2D eigenvalue weighted by Gasteiger charge is 2.33. The van der Waals surface area contributed by atoms with Crippen LogP contribution < -0.4 is 0 Å². The highest BCUT2D eigenvalue weighted by atomic mass is 19.1. The summed E-state index contributed by atoms with van der Waals surface area (Å²) in [6.07, 6.45) is 7.42. The average Bonchev–Trinajstić information content (AvgIpc) is 3.37. The van der Waals surface area contributed by atoms with Crippen LogP contribution in [0.3, 0.4) is 0 Å². The van der Waals surface area contributed by atoms with Crippen molar-refractivity contribution in [3.8, 4) is 0 Å². The van der Waals surface area contributed by atoms with E-state index in [0.29, 0.717) is 24.6 Å². The van der Waals surface area contributed by atoms with Crippen LogP contribution in [0.4, 0.5) is 4.39 Å². The van der Waals surface area contributed by atoms with E-state index in [9.17, 15) is 9.18 Å². The molecule has 1 fully saturated rings. The van der Waals surface area contributed by atoms with Gasteiger partial charge in [-0.2, -0.15) is 5.10 Å². The predicted molar refractivity (Wildman–Crippen MR) is 91.6 cm³/mol. The summed E-state index contributed by atoms with van der Waals surface area (Å²) in [5.41, 5.74) is 0.951. The third-order valence-electron chi connectivity index (χ3n) is 4.58. The summed E-state index contributed by atoms with van der Waals surface area (Å²) in [6.45, 7) is 0.910. The first-order chi connectivity index (χ1) is 12.7. The van der Waals surface area contributed by atoms with E-state index in [-0.39, 0.29) is 24.3 Å². The van der Waals surface area contributed by atoms with Crippen molar-refractivity contribution in [2.45, 2.75) is 31.8 Å². The molecule has 1 atom stereocenters. The van der Waals surface area contributed by atoms with E-state index < -0.39 is 0 Å². The first kappa shape index (κ1) is 16.5. The second kappa shape index (κ2) is 7.11. The quantitative estimate of drug-likeness (QED) is 0.707. The summed E-state index contributed by atoms with van der Waals surface area (Å²) in [5.74, 6) is 1.02. The molecule has 4 rings (SSSR count). The van der Waals surface area contributed by atoms with Crippen LogP contribution in [0.25, 0.3) is 0 Å². The Bertz CT molecular complexity index is 873. The Morgan fingerprint density at radius 1 is 1.31 bits per heavy atom. The van der Waals surface area contributed by atoms with Crippen LogP contribution in [0.2, 0.25) is 0 Å². The van der Waals surface area contributed by atoms with Gasteiger partial charge in [0.15, 0.2) is 0 Å². The summed E-state index contributed by atoms with van der Waals surface area (Å²) < 4.78 is 20.5. The van der Waals surface area contributed by atoms with Crippen LogP contribution in [0.5, 0.6) is 0 Å². The molecule has 26 heavy (non-hydrogen) atoms. The van der Waals surface area contributed by atoms with E-state index in [4.69, 9.17) is 4.42 Å². The number of amides is 1. The van der Waals surface area contributed by atoms with Gasteiger partial charge in [0.2, 0.25) is 11.8 Å². The molecule has 1 aromatic carbocycles. The SMILES string of the molecule is O=C(Cn1cccn1)N1CCC[C@H]1c1ncc(Cc2ccc(F)cc2)o1. The van der Waals surface area contributed by atoms with E-state index in [0.717, 1.165) is 18.4 Å². The Hall–Kier alpha value is -2.96. The molecule has 0 N–H and O–H groups in total. The maximum atomic E-state index is 13.0. The predicted octanol–water partition coefficient (Wildman–Crippen LogP) is 2.96. The standard InChI is InChI=1S/C19H19FN4O2/c20-15-6-4-14(5-7-15)11-16-12-21-19(26-16)17-3-1-10-24(17)18(25)13-23-9-2-8-22-23/h2,4-9,12,17H,1,3,10-11,13H2/t17-/m0/s1. The summed E-state index contributed by atoms with van der Waals surface area (Å²) in [5, 5.41) is 4.09. The van der Waals surface area contributed by atoms with Gasteiger partial charge in [-0.3, -0.25) is 9.48 Å². The molecule has 3 heterocycles. The van der Waals surface area contributed by atoms with Crippen molar-refractivity contribution in [2.24, 2.45) is 0 Å². The zero-order chi connectivity index (χ0) is 17.9. The van der Waals surface area contributed by atoms with Crippen molar-refractivity contribution in [3.63, 3.8) is 0 Å². The Labute approximate surface area is 150 Å². The maximum Gasteiger partial charge on any atom is 0.244 e. The number of hydrogen-bond donors (Lipinski definition) is 0. The number of halogens is 1. The minimum atomic E-state index is -0.260. The molecule has 0 radical (unpaired) electrons. The first-order valence-electron chi connectivity index (χ1n) is 8.65. The Morgan fingerprint density at radius 2 is 2.15 bits per heavy atom. The molecule has 1 saturated heterocycles. The van der Waals surface area contributed by atoms with Gasteiger partial charge in [0.1, 0.15) is 24.2 Å². The Balaban J connectivity index is 1.45. The van der Waals surface area contributed by atoms with E-state index in [1.165, 1.54) is 12.1 Å². The lowest BCUT2D eigenvalue weighted by molar-refractivity contribution is -0.133. The van der Waals surface area contributed by atoms with Gasteiger partial charge in [-0.05, 0) is 36.6 Å². The van der Waals surface area contributed by atoms with Crippen LogP contribution in [-0.2, 0) is 17.8 Å². The van der Waals surface area contributed by atoms with E-state index >= 15 is 0 Å². The summed E-state index contributed by atoms with van der Waals surface area (Å²) in [7, 11) is 0. The molecule has 0 saturated carbocycles. The lowest BCUT2D eigenvalue weighted by Gasteiger charge is -2.22. The highest BCUT2D eigenvalue weighted by molar-refractivity contribution is 5.76. The summed E-state index contributed by atoms with van der Waals surface area (Å²) >= 11 is 0. The van der Waals surface area contributed by atoms with Gasteiger partial charge in [-0.1, -0.05) is 12.1 Å². The number of oxazole rings is 1. The highest BCUT2D eigenvalue weighted by Crippen LogP contribution is 2.32. The lowest BCUT2D eigenvalue weighted by Crippen LogP contribution is -2.33. The molecule has 3 aromatic rings. The lowest BCUT2D eigenvalue weighted by atomic mass is 10.1. The first-order valence-corrected chi connectivity index (χ1v) is 8.65. The minimum absolute atomic E-state index is 0.00878. The van der Waals surface area contributed by atoms with E-state index in [1.807, 2.05) is 4.90 Å². The average molecular weight is 354 g/mol. The molecule has 1 aliphatic rings. The zero-order valence-corrected chi connectivity index (χ0v) is 14.2. The van der Waals surface area contributed by atoms with Gasteiger partial charge < -0.3 is 9.32 Å². The molecule has 7 heteroatoms. The van der Waals surface area contributed by atoms with E-state index in [2.05, 4.69) is 10.1 Å². The number of nitrogens with zero attached hydrogens (tertiary/aromatic N) is 4.